The first kappa shape index (κ1) is 30.1. The molecule has 1 aliphatic heterocycles. The van der Waals surface area contributed by atoms with Crippen LogP contribution in [0.15, 0.2) is 72.8 Å². The normalized spacial score (nSPS) is 22.3. The van der Waals surface area contributed by atoms with E-state index in [1.165, 1.54) is 36.4 Å². The molecule has 0 spiro atoms. The van der Waals surface area contributed by atoms with Crippen molar-refractivity contribution in [3.63, 3.8) is 0 Å². The molecule has 12 nitrogen and oxygen atoms in total. The minimum Gasteiger partial charge on any atom is -0.508 e. The zero-order valence-corrected chi connectivity index (χ0v) is 21.8. The van der Waals surface area contributed by atoms with Crippen LogP contribution in [-0.4, -0.2) is 84.8 Å². The number of hydrogen-bond acceptors (Lipinski definition) is 12. The summed E-state index contributed by atoms with van der Waals surface area (Å²) in [6, 6.07) is 14.3. The summed E-state index contributed by atoms with van der Waals surface area (Å²) < 4.78 is 16.0. The molecule has 4 rings (SSSR count). The van der Waals surface area contributed by atoms with E-state index in [1.54, 1.807) is 24.3 Å². The Morgan fingerprint density at radius 3 is 1.88 bits per heavy atom. The highest BCUT2D eigenvalue weighted by molar-refractivity contribution is 6.09. The Hall–Kier alpha value is -4.88. The number of rotatable bonds is 9. The Kier molecular flexibility index (Phi) is 9.45. The zero-order valence-electron chi connectivity index (χ0n) is 21.8. The Morgan fingerprint density at radius 1 is 0.714 bits per heavy atom. The molecule has 0 bridgehead atoms. The van der Waals surface area contributed by atoms with Crippen LogP contribution in [0.5, 0.6) is 28.7 Å². The number of esters is 1. The third-order valence-electron chi connectivity index (χ3n) is 6.31. The van der Waals surface area contributed by atoms with Crippen molar-refractivity contribution in [3.05, 3.63) is 89.5 Å². The van der Waals surface area contributed by atoms with E-state index >= 15 is 0 Å². The Labute approximate surface area is 239 Å². The van der Waals surface area contributed by atoms with Gasteiger partial charge in [-0.3, -0.25) is 4.79 Å². The number of ether oxygens (including phenoxy) is 3. The van der Waals surface area contributed by atoms with Crippen LogP contribution in [0.2, 0.25) is 0 Å². The predicted octanol–water partition coefficient (Wildman–Crippen LogP) is 1.85. The first-order chi connectivity index (χ1) is 20.0. The van der Waals surface area contributed by atoms with E-state index in [0.29, 0.717) is 11.1 Å². The van der Waals surface area contributed by atoms with Gasteiger partial charge < -0.3 is 50.0 Å². The van der Waals surface area contributed by atoms with E-state index in [9.17, 15) is 45.3 Å². The van der Waals surface area contributed by atoms with E-state index in [1.807, 2.05) is 0 Å². The monoisotopic (exact) mass is 580 g/mol. The zero-order chi connectivity index (χ0) is 30.4. The van der Waals surface area contributed by atoms with Crippen molar-refractivity contribution < 1.29 is 59.5 Å². The van der Waals surface area contributed by atoms with Gasteiger partial charge in [0.2, 0.25) is 12.0 Å². The van der Waals surface area contributed by atoms with Gasteiger partial charge in [-0.05, 0) is 59.7 Å². The molecule has 0 unspecified atom stereocenters. The van der Waals surface area contributed by atoms with Crippen LogP contribution >= 0.6 is 0 Å². The van der Waals surface area contributed by atoms with Crippen LogP contribution < -0.4 is 4.74 Å². The number of allylic oxidation sites excluding steroid dienone is 1. The number of aliphatic hydroxyl groups is 3. The minimum absolute atomic E-state index is 0.0530. The highest BCUT2D eigenvalue weighted by Gasteiger charge is 2.45. The number of aliphatic hydroxyl groups excluding tert-OH is 3. The van der Waals surface area contributed by atoms with Gasteiger partial charge in [0, 0.05) is 6.08 Å². The molecule has 0 radical (unpaired) electrons. The van der Waals surface area contributed by atoms with E-state index in [0.717, 1.165) is 24.3 Å². The number of carbonyl (C=O) groups is 2. The lowest BCUT2D eigenvalue weighted by Gasteiger charge is -2.39. The van der Waals surface area contributed by atoms with E-state index in [-0.39, 0.29) is 17.1 Å². The fourth-order valence-electron chi connectivity index (χ4n) is 3.94. The maximum atomic E-state index is 12.6. The van der Waals surface area contributed by atoms with Crippen molar-refractivity contribution in [3.8, 4) is 28.7 Å². The lowest BCUT2D eigenvalue weighted by Crippen LogP contribution is -2.60. The summed E-state index contributed by atoms with van der Waals surface area (Å²) >= 11 is 0. The maximum absolute atomic E-state index is 12.6. The van der Waals surface area contributed by atoms with Gasteiger partial charge in [-0.25, -0.2) is 4.79 Å². The van der Waals surface area contributed by atoms with Gasteiger partial charge in [-0.15, -0.1) is 0 Å². The van der Waals surface area contributed by atoms with Gasteiger partial charge in [0.1, 0.15) is 42.5 Å². The summed E-state index contributed by atoms with van der Waals surface area (Å²) in [5.41, 5.74) is 0.943. The summed E-state index contributed by atoms with van der Waals surface area (Å²) in [5, 5.41) is 70.5. The molecule has 1 fully saturated rings. The molecule has 1 aliphatic rings. The van der Waals surface area contributed by atoms with Gasteiger partial charge >= 0.3 is 5.97 Å². The molecule has 12 heteroatoms. The molecular weight excluding hydrogens is 552 g/mol. The number of hydrogen-bond donors (Lipinski definition) is 7. The third-order valence-corrected chi connectivity index (χ3v) is 6.31. The standard InChI is InChI=1S/C30H28O12/c31-18-7-1-16(2-8-18)5-12-21(33)20-11-13-22(26(36)25(20)35)41-30-29(39)28(38)27(37)23(42-30)15-40-24(34)14-6-17-3-9-19(32)10-4-17/h1-14,23,27-32,35-39H,15H2/b12-5+,14-6+/t23-,27-,28+,29-,30-/m1/s1. The number of aromatic hydroxyl groups is 4. The van der Waals surface area contributed by atoms with Gasteiger partial charge in [-0.2, -0.15) is 0 Å². The highest BCUT2D eigenvalue weighted by atomic mass is 16.7. The molecule has 0 aromatic heterocycles. The van der Waals surface area contributed by atoms with Crippen LogP contribution in [0, 0.1) is 0 Å². The summed E-state index contributed by atoms with van der Waals surface area (Å²) in [6.45, 7) is -0.540. The van der Waals surface area contributed by atoms with Crippen molar-refractivity contribution in [2.75, 3.05) is 6.61 Å². The number of benzene rings is 3. The molecule has 42 heavy (non-hydrogen) atoms. The average molecular weight is 581 g/mol. The number of ketones is 1. The summed E-state index contributed by atoms with van der Waals surface area (Å²) in [6.07, 6.45) is -3.17. The van der Waals surface area contributed by atoms with Gasteiger partial charge in [0.25, 0.3) is 0 Å². The Bertz CT molecular complexity index is 1460. The Balaban J connectivity index is 1.40. The van der Waals surface area contributed by atoms with Crippen molar-refractivity contribution in [2.24, 2.45) is 0 Å². The van der Waals surface area contributed by atoms with Crippen LogP contribution in [0.4, 0.5) is 0 Å². The van der Waals surface area contributed by atoms with Gasteiger partial charge in [0.15, 0.2) is 17.3 Å². The topological polar surface area (TPSA) is 203 Å². The third kappa shape index (κ3) is 7.25. The molecule has 1 heterocycles. The lowest BCUT2D eigenvalue weighted by atomic mass is 9.99. The molecule has 220 valence electrons. The summed E-state index contributed by atoms with van der Waals surface area (Å²) in [5.74, 6) is -3.43. The van der Waals surface area contributed by atoms with Crippen molar-refractivity contribution in [1.82, 2.24) is 0 Å². The molecule has 3 aromatic carbocycles. The maximum Gasteiger partial charge on any atom is 0.330 e. The quantitative estimate of drug-likeness (QED) is 0.0839. The fraction of sp³-hybridized carbons (Fsp3) is 0.200. The Morgan fingerprint density at radius 2 is 1.29 bits per heavy atom. The van der Waals surface area contributed by atoms with Gasteiger partial charge in [0.05, 0.1) is 5.56 Å². The second-order valence-corrected chi connectivity index (χ2v) is 9.29. The molecule has 7 N–H and O–H groups in total. The van der Waals surface area contributed by atoms with Gasteiger partial charge in [-0.1, -0.05) is 30.3 Å². The molecule has 0 aliphatic carbocycles. The van der Waals surface area contributed by atoms with Crippen LogP contribution in [0.1, 0.15) is 21.5 Å². The SMILES string of the molecule is O=C(/C=C/c1ccc(O)cc1)OC[C@H]1O[C@@H](Oc2ccc(C(=O)/C=C/c3ccc(O)cc3)c(O)c2O)[C@H](O)[C@@H](O)[C@@H]1O. The molecule has 1 saturated heterocycles. The molecule has 3 aromatic rings. The van der Waals surface area contributed by atoms with E-state index < -0.39 is 66.3 Å². The number of phenols is 4. The van der Waals surface area contributed by atoms with E-state index in [4.69, 9.17) is 14.2 Å². The van der Waals surface area contributed by atoms with Crippen molar-refractivity contribution in [2.45, 2.75) is 30.7 Å². The van der Waals surface area contributed by atoms with Crippen LogP contribution in [-0.2, 0) is 14.3 Å². The molecule has 0 saturated carbocycles. The second-order valence-electron chi connectivity index (χ2n) is 9.29. The molecular formula is C30H28O12. The number of phenolic OH excluding ortho intramolecular Hbond substituents is 4. The highest BCUT2D eigenvalue weighted by Crippen LogP contribution is 2.40. The number of carbonyl (C=O) groups excluding carboxylic acids is 2. The first-order valence-corrected chi connectivity index (χ1v) is 12.6. The smallest absolute Gasteiger partial charge is 0.330 e. The molecule has 5 atom stereocenters. The second kappa shape index (κ2) is 13.2. The van der Waals surface area contributed by atoms with E-state index in [2.05, 4.69) is 0 Å². The van der Waals surface area contributed by atoms with Crippen molar-refractivity contribution in [1.29, 1.82) is 0 Å². The first-order valence-electron chi connectivity index (χ1n) is 12.6. The fourth-order valence-corrected chi connectivity index (χ4v) is 3.94. The van der Waals surface area contributed by atoms with Crippen LogP contribution in [0.3, 0.4) is 0 Å². The van der Waals surface area contributed by atoms with Crippen molar-refractivity contribution >= 4 is 23.9 Å². The largest absolute Gasteiger partial charge is 0.508 e. The minimum atomic E-state index is -1.81. The summed E-state index contributed by atoms with van der Waals surface area (Å²) in [4.78, 5) is 24.7. The lowest BCUT2D eigenvalue weighted by molar-refractivity contribution is -0.278. The van der Waals surface area contributed by atoms with Crippen LogP contribution in [0.25, 0.3) is 12.2 Å². The average Bonchev–Trinajstić information content (AvgIpc) is 2.98. The predicted molar refractivity (Wildman–Crippen MR) is 147 cm³/mol. The summed E-state index contributed by atoms with van der Waals surface area (Å²) in [7, 11) is 0. The molecule has 0 amide bonds.